The minimum absolute atomic E-state index is 0.0645. The maximum atomic E-state index is 6.41. The van der Waals surface area contributed by atoms with Crippen molar-refractivity contribution in [2.24, 2.45) is 0 Å². The largest absolute Gasteiger partial charge is 0.497 e. The number of halogens is 1. The third kappa shape index (κ3) is 3.84. The first-order chi connectivity index (χ1) is 9.70. The molecule has 104 valence electrons. The summed E-state index contributed by atoms with van der Waals surface area (Å²) in [6.45, 7) is 2.05. The summed E-state index contributed by atoms with van der Waals surface area (Å²) in [6, 6.07) is 11.8. The fourth-order valence-electron chi connectivity index (χ4n) is 1.94. The zero-order valence-electron chi connectivity index (χ0n) is 11.7. The summed E-state index contributed by atoms with van der Waals surface area (Å²) < 4.78 is 5.21. The molecule has 0 amide bonds. The average Bonchev–Trinajstić information content (AvgIpc) is 2.49. The number of benzene rings is 1. The van der Waals surface area contributed by atoms with Crippen LogP contribution < -0.4 is 4.74 Å². The summed E-state index contributed by atoms with van der Waals surface area (Å²) in [4.78, 5) is 4.33. The Morgan fingerprint density at radius 3 is 2.90 bits per heavy atom. The molecule has 0 N–H and O–H groups in total. The van der Waals surface area contributed by atoms with E-state index in [-0.39, 0.29) is 5.38 Å². The van der Waals surface area contributed by atoms with Crippen LogP contribution >= 0.6 is 11.6 Å². The second-order valence-electron chi connectivity index (χ2n) is 4.59. The number of alkyl halides is 1. The van der Waals surface area contributed by atoms with Gasteiger partial charge in [0.1, 0.15) is 5.75 Å². The SMILES string of the molecule is COc1cccc(C(Cl)C/C=C\c2ncccc2C)c1. The van der Waals surface area contributed by atoms with E-state index in [2.05, 4.69) is 11.1 Å². The Balaban J connectivity index is 2.01. The maximum absolute atomic E-state index is 6.41. The predicted molar refractivity (Wildman–Crippen MR) is 84.2 cm³/mol. The van der Waals surface area contributed by atoms with Gasteiger partial charge in [0.2, 0.25) is 0 Å². The molecule has 2 nitrogen and oxygen atoms in total. The van der Waals surface area contributed by atoms with Crippen molar-refractivity contribution in [1.82, 2.24) is 4.98 Å². The standard InChI is InChI=1S/C17H18ClNO/c1-13-6-5-11-19-17(13)10-4-9-16(18)14-7-3-8-15(12-14)20-2/h3-8,10-12,16H,9H2,1-2H3/b10-4-. The Hall–Kier alpha value is -1.80. The van der Waals surface area contributed by atoms with Crippen molar-refractivity contribution >= 4 is 17.7 Å². The van der Waals surface area contributed by atoms with E-state index in [1.165, 1.54) is 0 Å². The van der Waals surface area contributed by atoms with Crippen LogP contribution in [0.5, 0.6) is 5.75 Å². The van der Waals surface area contributed by atoms with Crippen LogP contribution in [-0.4, -0.2) is 12.1 Å². The fourth-order valence-corrected chi connectivity index (χ4v) is 2.18. The number of nitrogens with zero attached hydrogens (tertiary/aromatic N) is 1. The minimum atomic E-state index is -0.0645. The monoisotopic (exact) mass is 287 g/mol. The molecular formula is C17H18ClNO. The predicted octanol–water partition coefficient (Wildman–Crippen LogP) is 4.78. The lowest BCUT2D eigenvalue weighted by atomic mass is 10.1. The van der Waals surface area contributed by atoms with Crippen LogP contribution in [0.3, 0.4) is 0 Å². The first-order valence-electron chi connectivity index (χ1n) is 6.57. The topological polar surface area (TPSA) is 22.1 Å². The molecule has 0 saturated heterocycles. The zero-order valence-corrected chi connectivity index (χ0v) is 12.5. The molecule has 1 aromatic heterocycles. The van der Waals surface area contributed by atoms with E-state index < -0.39 is 0 Å². The molecule has 0 radical (unpaired) electrons. The van der Waals surface area contributed by atoms with Crippen LogP contribution in [0.4, 0.5) is 0 Å². The smallest absolute Gasteiger partial charge is 0.119 e. The Morgan fingerprint density at radius 2 is 2.15 bits per heavy atom. The van der Waals surface area contributed by atoms with Crippen LogP contribution in [0.2, 0.25) is 0 Å². The van der Waals surface area contributed by atoms with Crippen LogP contribution in [0, 0.1) is 6.92 Å². The van der Waals surface area contributed by atoms with Gasteiger partial charge in [-0.2, -0.15) is 0 Å². The summed E-state index contributed by atoms with van der Waals surface area (Å²) in [7, 11) is 1.66. The zero-order chi connectivity index (χ0) is 14.4. The van der Waals surface area contributed by atoms with E-state index in [4.69, 9.17) is 16.3 Å². The highest BCUT2D eigenvalue weighted by Gasteiger charge is 2.06. The van der Waals surface area contributed by atoms with Crippen molar-refractivity contribution in [3.05, 3.63) is 65.5 Å². The second-order valence-corrected chi connectivity index (χ2v) is 5.11. The van der Waals surface area contributed by atoms with Crippen molar-refractivity contribution in [1.29, 1.82) is 0 Å². The summed E-state index contributed by atoms with van der Waals surface area (Å²) in [6.07, 6.45) is 6.63. The van der Waals surface area contributed by atoms with E-state index >= 15 is 0 Å². The Morgan fingerprint density at radius 1 is 1.30 bits per heavy atom. The Kier molecular flexibility index (Phi) is 5.19. The third-order valence-electron chi connectivity index (χ3n) is 3.12. The van der Waals surface area contributed by atoms with Crippen molar-refractivity contribution < 1.29 is 4.74 Å². The number of hydrogen-bond acceptors (Lipinski definition) is 2. The van der Waals surface area contributed by atoms with E-state index in [0.29, 0.717) is 0 Å². The normalized spacial score (nSPS) is 12.6. The van der Waals surface area contributed by atoms with Crippen molar-refractivity contribution in [3.63, 3.8) is 0 Å². The van der Waals surface area contributed by atoms with Gasteiger partial charge in [0, 0.05) is 6.20 Å². The lowest BCUT2D eigenvalue weighted by molar-refractivity contribution is 0.414. The van der Waals surface area contributed by atoms with Gasteiger partial charge in [0.05, 0.1) is 18.2 Å². The molecule has 0 saturated carbocycles. The number of aryl methyl sites for hydroxylation is 1. The molecule has 3 heteroatoms. The molecule has 1 heterocycles. The number of rotatable bonds is 5. The average molecular weight is 288 g/mol. The summed E-state index contributed by atoms with van der Waals surface area (Å²) in [5.74, 6) is 0.831. The van der Waals surface area contributed by atoms with E-state index in [0.717, 1.165) is 29.0 Å². The molecule has 0 fully saturated rings. The van der Waals surface area contributed by atoms with Gasteiger partial charge in [-0.25, -0.2) is 0 Å². The first-order valence-corrected chi connectivity index (χ1v) is 7.00. The van der Waals surface area contributed by atoms with Gasteiger partial charge in [-0.15, -0.1) is 11.6 Å². The number of pyridine rings is 1. The minimum Gasteiger partial charge on any atom is -0.497 e. The molecule has 0 aliphatic carbocycles. The third-order valence-corrected chi connectivity index (χ3v) is 3.55. The number of allylic oxidation sites excluding steroid dienone is 1. The lowest BCUT2D eigenvalue weighted by Gasteiger charge is -2.08. The van der Waals surface area contributed by atoms with Gasteiger partial charge < -0.3 is 4.74 Å². The molecule has 0 aliphatic heterocycles. The van der Waals surface area contributed by atoms with E-state index in [1.54, 1.807) is 13.3 Å². The number of aromatic nitrogens is 1. The molecule has 1 atom stereocenters. The van der Waals surface area contributed by atoms with Crippen LogP contribution in [0.15, 0.2) is 48.7 Å². The summed E-state index contributed by atoms with van der Waals surface area (Å²) >= 11 is 6.41. The molecule has 0 spiro atoms. The molecule has 1 aromatic carbocycles. The van der Waals surface area contributed by atoms with Crippen molar-refractivity contribution in [3.8, 4) is 5.75 Å². The quantitative estimate of drug-likeness (QED) is 0.738. The van der Waals surface area contributed by atoms with Gasteiger partial charge in [0.25, 0.3) is 0 Å². The molecule has 20 heavy (non-hydrogen) atoms. The highest BCUT2D eigenvalue weighted by molar-refractivity contribution is 6.20. The van der Waals surface area contributed by atoms with Crippen LogP contribution in [-0.2, 0) is 0 Å². The number of methoxy groups -OCH3 is 1. The van der Waals surface area contributed by atoms with E-state index in [9.17, 15) is 0 Å². The van der Waals surface area contributed by atoms with Gasteiger partial charge in [0.15, 0.2) is 0 Å². The highest BCUT2D eigenvalue weighted by atomic mass is 35.5. The molecule has 2 rings (SSSR count). The fraction of sp³-hybridized carbons (Fsp3) is 0.235. The number of hydrogen-bond donors (Lipinski definition) is 0. The van der Waals surface area contributed by atoms with Gasteiger partial charge in [-0.05, 0) is 48.7 Å². The second kappa shape index (κ2) is 7.11. The molecule has 1 unspecified atom stereocenters. The number of ether oxygens (including phenoxy) is 1. The Bertz CT molecular complexity index is 595. The maximum Gasteiger partial charge on any atom is 0.119 e. The van der Waals surface area contributed by atoms with E-state index in [1.807, 2.05) is 49.4 Å². The van der Waals surface area contributed by atoms with Gasteiger partial charge in [-0.3, -0.25) is 4.98 Å². The van der Waals surface area contributed by atoms with Crippen LogP contribution in [0.1, 0.15) is 28.6 Å². The lowest BCUT2D eigenvalue weighted by Crippen LogP contribution is -1.91. The first kappa shape index (κ1) is 14.6. The summed E-state index contributed by atoms with van der Waals surface area (Å²) in [5, 5.41) is -0.0645. The molecule has 0 bridgehead atoms. The van der Waals surface area contributed by atoms with Gasteiger partial charge in [-0.1, -0.05) is 24.3 Å². The molecule has 0 aliphatic rings. The van der Waals surface area contributed by atoms with Gasteiger partial charge >= 0.3 is 0 Å². The van der Waals surface area contributed by atoms with Crippen molar-refractivity contribution in [2.75, 3.05) is 7.11 Å². The van der Waals surface area contributed by atoms with Crippen molar-refractivity contribution in [2.45, 2.75) is 18.7 Å². The highest BCUT2D eigenvalue weighted by Crippen LogP contribution is 2.27. The van der Waals surface area contributed by atoms with Crippen LogP contribution in [0.25, 0.3) is 6.08 Å². The molecular weight excluding hydrogens is 270 g/mol. The summed E-state index contributed by atoms with van der Waals surface area (Å²) in [5.41, 5.74) is 3.21. The Labute approximate surface area is 125 Å². The molecule has 2 aromatic rings.